The van der Waals surface area contributed by atoms with Crippen molar-refractivity contribution < 1.29 is 4.52 Å². The van der Waals surface area contributed by atoms with Crippen LogP contribution in [0.4, 0.5) is 0 Å². The van der Waals surface area contributed by atoms with Crippen LogP contribution < -0.4 is 5.32 Å². The number of nitrogens with zero attached hydrogens (tertiary/aromatic N) is 2. The lowest BCUT2D eigenvalue weighted by Crippen LogP contribution is -2.21. The van der Waals surface area contributed by atoms with Gasteiger partial charge in [0.25, 0.3) is 0 Å². The normalized spacial score (nSPS) is 29.0. The number of hydrogen-bond acceptors (Lipinski definition) is 4. The zero-order chi connectivity index (χ0) is 12.8. The van der Waals surface area contributed by atoms with Crippen LogP contribution in [0, 0.1) is 0 Å². The van der Waals surface area contributed by atoms with E-state index in [9.17, 15) is 0 Å². The van der Waals surface area contributed by atoms with Gasteiger partial charge in [-0.15, -0.1) is 0 Å². The predicted molar refractivity (Wildman–Crippen MR) is 72.0 cm³/mol. The highest BCUT2D eigenvalue weighted by Gasteiger charge is 2.42. The van der Waals surface area contributed by atoms with E-state index in [0.29, 0.717) is 28.8 Å². The van der Waals surface area contributed by atoms with Crippen molar-refractivity contribution in [3.05, 3.63) is 35.2 Å². The molecule has 0 saturated carbocycles. The SMILES string of the molecule is Clc1cccc(-c2noc(C3CC4CCC3N4)n2)c1. The monoisotopic (exact) mass is 275 g/mol. The van der Waals surface area contributed by atoms with Gasteiger partial charge in [-0.3, -0.25) is 0 Å². The molecule has 0 amide bonds. The third-order valence-corrected chi connectivity index (χ3v) is 4.38. The Kier molecular flexibility index (Phi) is 2.60. The lowest BCUT2D eigenvalue weighted by molar-refractivity contribution is 0.329. The van der Waals surface area contributed by atoms with Crippen molar-refractivity contribution in [2.75, 3.05) is 0 Å². The second kappa shape index (κ2) is 4.32. The van der Waals surface area contributed by atoms with E-state index in [0.717, 1.165) is 17.9 Å². The van der Waals surface area contributed by atoms with E-state index in [1.165, 1.54) is 12.8 Å². The predicted octanol–water partition coefficient (Wildman–Crippen LogP) is 3.00. The molecule has 2 bridgehead atoms. The number of nitrogens with one attached hydrogen (secondary N) is 1. The summed E-state index contributed by atoms with van der Waals surface area (Å²) in [6.45, 7) is 0. The Morgan fingerprint density at radius 2 is 2.26 bits per heavy atom. The smallest absolute Gasteiger partial charge is 0.231 e. The lowest BCUT2D eigenvalue weighted by atomic mass is 9.89. The average molecular weight is 276 g/mol. The van der Waals surface area contributed by atoms with Gasteiger partial charge in [0.15, 0.2) is 0 Å². The molecule has 5 heteroatoms. The van der Waals surface area contributed by atoms with Crippen molar-refractivity contribution in [1.82, 2.24) is 15.5 Å². The maximum Gasteiger partial charge on any atom is 0.231 e. The third kappa shape index (κ3) is 1.95. The molecule has 3 atom stereocenters. The van der Waals surface area contributed by atoms with Gasteiger partial charge in [-0.1, -0.05) is 28.9 Å². The summed E-state index contributed by atoms with van der Waals surface area (Å²) in [7, 11) is 0. The molecule has 1 N–H and O–H groups in total. The molecule has 2 saturated heterocycles. The number of benzene rings is 1. The van der Waals surface area contributed by atoms with E-state index in [-0.39, 0.29) is 0 Å². The van der Waals surface area contributed by atoms with Crippen LogP contribution in [0.2, 0.25) is 5.02 Å². The Labute approximate surface area is 116 Å². The fourth-order valence-corrected chi connectivity index (χ4v) is 3.42. The summed E-state index contributed by atoms with van der Waals surface area (Å²) >= 11 is 5.98. The number of fused-ring (bicyclic) bond motifs is 2. The largest absolute Gasteiger partial charge is 0.339 e. The first-order chi connectivity index (χ1) is 9.29. The molecular formula is C14H14ClN3O. The summed E-state index contributed by atoms with van der Waals surface area (Å²) in [5.41, 5.74) is 0.901. The first-order valence-electron chi connectivity index (χ1n) is 6.65. The third-order valence-electron chi connectivity index (χ3n) is 4.14. The second-order valence-electron chi connectivity index (χ2n) is 5.36. The Balaban J connectivity index is 1.63. The summed E-state index contributed by atoms with van der Waals surface area (Å²) in [5, 5.41) is 8.35. The summed E-state index contributed by atoms with van der Waals surface area (Å²) in [6.07, 6.45) is 3.60. The van der Waals surface area contributed by atoms with Gasteiger partial charge in [0.05, 0.1) is 5.92 Å². The van der Waals surface area contributed by atoms with Crippen LogP contribution in [-0.4, -0.2) is 22.2 Å². The summed E-state index contributed by atoms with van der Waals surface area (Å²) in [4.78, 5) is 4.55. The molecule has 0 aliphatic carbocycles. The molecule has 4 nitrogen and oxygen atoms in total. The molecule has 0 radical (unpaired) electrons. The molecule has 2 aliphatic heterocycles. The molecular weight excluding hydrogens is 262 g/mol. The molecule has 4 rings (SSSR count). The van der Waals surface area contributed by atoms with Crippen LogP contribution in [0.15, 0.2) is 28.8 Å². The van der Waals surface area contributed by atoms with Crippen molar-refractivity contribution in [3.8, 4) is 11.4 Å². The maximum atomic E-state index is 5.98. The van der Waals surface area contributed by atoms with Gasteiger partial charge in [-0.05, 0) is 31.4 Å². The van der Waals surface area contributed by atoms with Gasteiger partial charge in [-0.2, -0.15) is 4.98 Å². The highest BCUT2D eigenvalue weighted by molar-refractivity contribution is 6.30. The molecule has 0 spiro atoms. The van der Waals surface area contributed by atoms with E-state index in [4.69, 9.17) is 16.1 Å². The van der Waals surface area contributed by atoms with Gasteiger partial charge < -0.3 is 9.84 Å². The molecule has 3 heterocycles. The van der Waals surface area contributed by atoms with Crippen molar-refractivity contribution >= 4 is 11.6 Å². The second-order valence-corrected chi connectivity index (χ2v) is 5.79. The Bertz CT molecular complexity index is 612. The van der Waals surface area contributed by atoms with Gasteiger partial charge in [0.2, 0.25) is 11.7 Å². The maximum absolute atomic E-state index is 5.98. The quantitative estimate of drug-likeness (QED) is 0.915. The molecule has 2 aliphatic rings. The first kappa shape index (κ1) is 11.4. The fraction of sp³-hybridized carbons (Fsp3) is 0.429. The topological polar surface area (TPSA) is 51.0 Å². The Morgan fingerprint density at radius 1 is 1.32 bits per heavy atom. The highest BCUT2D eigenvalue weighted by Crippen LogP contribution is 2.39. The van der Waals surface area contributed by atoms with Crippen molar-refractivity contribution in [3.63, 3.8) is 0 Å². The number of aromatic nitrogens is 2. The van der Waals surface area contributed by atoms with Crippen molar-refractivity contribution in [1.29, 1.82) is 0 Å². The zero-order valence-electron chi connectivity index (χ0n) is 10.3. The number of halogens is 1. The average Bonchev–Trinajstić information content (AvgIpc) is 3.14. The van der Waals surface area contributed by atoms with Crippen LogP contribution in [0.3, 0.4) is 0 Å². The van der Waals surface area contributed by atoms with E-state index < -0.39 is 0 Å². The summed E-state index contributed by atoms with van der Waals surface area (Å²) in [6, 6.07) is 8.68. The fourth-order valence-electron chi connectivity index (χ4n) is 3.23. The van der Waals surface area contributed by atoms with E-state index in [2.05, 4.69) is 15.5 Å². The molecule has 2 fully saturated rings. The van der Waals surface area contributed by atoms with Crippen LogP contribution in [0.1, 0.15) is 31.1 Å². The van der Waals surface area contributed by atoms with E-state index in [1.54, 1.807) is 0 Å². The summed E-state index contributed by atoms with van der Waals surface area (Å²) < 4.78 is 5.45. The summed E-state index contributed by atoms with van der Waals surface area (Å²) in [5.74, 6) is 1.76. The van der Waals surface area contributed by atoms with Gasteiger partial charge in [-0.25, -0.2) is 0 Å². The van der Waals surface area contributed by atoms with Crippen LogP contribution >= 0.6 is 11.6 Å². The lowest BCUT2D eigenvalue weighted by Gasteiger charge is -2.15. The minimum atomic E-state index is 0.374. The zero-order valence-corrected chi connectivity index (χ0v) is 11.1. The standard InChI is InChI=1S/C14H14ClN3O/c15-9-3-1-2-8(6-9)13-17-14(19-18-13)11-7-10-4-5-12(11)16-10/h1-3,6,10-12,16H,4-5,7H2. The first-order valence-corrected chi connectivity index (χ1v) is 7.03. The van der Waals surface area contributed by atoms with Crippen LogP contribution in [0.5, 0.6) is 0 Å². The van der Waals surface area contributed by atoms with Crippen molar-refractivity contribution in [2.24, 2.45) is 0 Å². The minimum Gasteiger partial charge on any atom is -0.339 e. The van der Waals surface area contributed by atoms with E-state index >= 15 is 0 Å². The molecule has 2 aromatic rings. The molecule has 3 unspecified atom stereocenters. The van der Waals surface area contributed by atoms with Crippen LogP contribution in [-0.2, 0) is 0 Å². The van der Waals surface area contributed by atoms with Gasteiger partial charge >= 0.3 is 0 Å². The minimum absolute atomic E-state index is 0.374. The molecule has 98 valence electrons. The van der Waals surface area contributed by atoms with Gasteiger partial charge in [0, 0.05) is 22.7 Å². The Morgan fingerprint density at radius 3 is 3.00 bits per heavy atom. The number of hydrogen-bond donors (Lipinski definition) is 1. The highest BCUT2D eigenvalue weighted by atomic mass is 35.5. The van der Waals surface area contributed by atoms with E-state index in [1.807, 2.05) is 24.3 Å². The Hall–Kier alpha value is -1.39. The molecule has 19 heavy (non-hydrogen) atoms. The molecule has 1 aromatic heterocycles. The van der Waals surface area contributed by atoms with Gasteiger partial charge in [0.1, 0.15) is 0 Å². The number of rotatable bonds is 2. The van der Waals surface area contributed by atoms with Crippen molar-refractivity contribution in [2.45, 2.75) is 37.3 Å². The molecule has 1 aromatic carbocycles. The van der Waals surface area contributed by atoms with Crippen LogP contribution in [0.25, 0.3) is 11.4 Å².